The molecule has 1 aromatic rings. The number of aromatic nitrogens is 2. The van der Waals surface area contributed by atoms with E-state index >= 15 is 0 Å². The molecule has 1 aromatic heterocycles. The standard InChI is InChI=1S/C11H17N3O/c1-6(2)9-8-5-7(3)11(15)12-10(8)14(4)13-9/h6-7H,5H2,1-4H3,(H,12,15). The summed E-state index contributed by atoms with van der Waals surface area (Å²) in [5, 5.41) is 7.38. The van der Waals surface area contributed by atoms with Gasteiger partial charge in [-0.3, -0.25) is 9.48 Å². The second-order valence-electron chi connectivity index (χ2n) is 4.59. The van der Waals surface area contributed by atoms with E-state index < -0.39 is 0 Å². The summed E-state index contributed by atoms with van der Waals surface area (Å²) in [4.78, 5) is 11.5. The summed E-state index contributed by atoms with van der Waals surface area (Å²) in [7, 11) is 1.88. The molecule has 15 heavy (non-hydrogen) atoms. The van der Waals surface area contributed by atoms with Gasteiger partial charge < -0.3 is 5.32 Å². The lowest BCUT2D eigenvalue weighted by Crippen LogP contribution is -2.28. The van der Waals surface area contributed by atoms with E-state index in [1.165, 1.54) is 5.56 Å². The summed E-state index contributed by atoms with van der Waals surface area (Å²) in [5.74, 6) is 1.43. The third-order valence-corrected chi connectivity index (χ3v) is 2.92. The van der Waals surface area contributed by atoms with Crippen LogP contribution in [0.1, 0.15) is 37.9 Å². The van der Waals surface area contributed by atoms with Crippen LogP contribution in [0.4, 0.5) is 5.82 Å². The molecule has 2 heterocycles. The summed E-state index contributed by atoms with van der Waals surface area (Å²) in [6, 6.07) is 0. The maximum atomic E-state index is 11.5. The van der Waals surface area contributed by atoms with Crippen LogP contribution >= 0.6 is 0 Å². The van der Waals surface area contributed by atoms with Crippen LogP contribution in [0.25, 0.3) is 0 Å². The average Bonchev–Trinajstić information content (AvgIpc) is 2.45. The Morgan fingerprint density at radius 1 is 1.53 bits per heavy atom. The quantitative estimate of drug-likeness (QED) is 0.761. The molecule has 1 N–H and O–H groups in total. The Kier molecular flexibility index (Phi) is 2.29. The van der Waals surface area contributed by atoms with Gasteiger partial charge in [-0.25, -0.2) is 0 Å². The lowest BCUT2D eigenvalue weighted by molar-refractivity contribution is -0.119. The molecule has 0 aromatic carbocycles. The molecule has 1 atom stereocenters. The lowest BCUT2D eigenvalue weighted by atomic mass is 9.93. The number of nitrogens with zero attached hydrogens (tertiary/aromatic N) is 2. The van der Waals surface area contributed by atoms with E-state index in [9.17, 15) is 4.79 Å². The van der Waals surface area contributed by atoms with Gasteiger partial charge in [0.15, 0.2) is 0 Å². The highest BCUT2D eigenvalue weighted by molar-refractivity contribution is 5.94. The summed E-state index contributed by atoms with van der Waals surface area (Å²) in [6.45, 7) is 6.21. The number of hydrogen-bond acceptors (Lipinski definition) is 2. The fourth-order valence-electron chi connectivity index (χ4n) is 2.05. The summed E-state index contributed by atoms with van der Waals surface area (Å²) in [5.41, 5.74) is 2.32. The van der Waals surface area contributed by atoms with Crippen molar-refractivity contribution in [3.8, 4) is 0 Å². The summed E-state index contributed by atoms with van der Waals surface area (Å²) in [6.07, 6.45) is 0.808. The van der Waals surface area contributed by atoms with Crippen LogP contribution in [0.3, 0.4) is 0 Å². The highest BCUT2D eigenvalue weighted by Crippen LogP contribution is 2.31. The first-order valence-electron chi connectivity index (χ1n) is 5.37. The number of aryl methyl sites for hydroxylation is 1. The van der Waals surface area contributed by atoms with Gasteiger partial charge in [-0.05, 0) is 12.3 Å². The summed E-state index contributed by atoms with van der Waals surface area (Å²) >= 11 is 0. The van der Waals surface area contributed by atoms with Crippen molar-refractivity contribution < 1.29 is 4.79 Å². The number of amides is 1. The number of anilines is 1. The van der Waals surface area contributed by atoms with Crippen molar-refractivity contribution in [3.05, 3.63) is 11.3 Å². The van der Waals surface area contributed by atoms with E-state index in [-0.39, 0.29) is 11.8 Å². The Bertz CT molecular complexity index is 406. The van der Waals surface area contributed by atoms with E-state index in [4.69, 9.17) is 0 Å². The molecule has 1 aliphatic rings. The van der Waals surface area contributed by atoms with Crippen LogP contribution < -0.4 is 5.32 Å². The minimum Gasteiger partial charge on any atom is -0.310 e. The molecular weight excluding hydrogens is 190 g/mol. The maximum absolute atomic E-state index is 11.5. The van der Waals surface area contributed by atoms with Crippen molar-refractivity contribution in [1.82, 2.24) is 9.78 Å². The second kappa shape index (κ2) is 3.36. The third-order valence-electron chi connectivity index (χ3n) is 2.92. The SMILES string of the molecule is CC1Cc2c(C(C)C)nn(C)c2NC1=O. The first-order valence-corrected chi connectivity index (χ1v) is 5.37. The van der Waals surface area contributed by atoms with E-state index in [1.807, 2.05) is 14.0 Å². The number of carbonyl (C=O) groups excluding carboxylic acids is 1. The van der Waals surface area contributed by atoms with E-state index in [0.717, 1.165) is 17.9 Å². The van der Waals surface area contributed by atoms with Crippen molar-refractivity contribution in [2.24, 2.45) is 13.0 Å². The molecule has 1 unspecified atom stereocenters. The van der Waals surface area contributed by atoms with Gasteiger partial charge in [-0.2, -0.15) is 5.10 Å². The molecule has 0 aliphatic carbocycles. The van der Waals surface area contributed by atoms with Crippen LogP contribution in [-0.2, 0) is 18.3 Å². The normalized spacial score (nSPS) is 20.3. The number of nitrogens with one attached hydrogen (secondary N) is 1. The predicted octanol–water partition coefficient (Wildman–Crippen LogP) is 1.67. The predicted molar refractivity (Wildman–Crippen MR) is 58.8 cm³/mol. The molecule has 2 rings (SSSR count). The molecule has 0 saturated carbocycles. The third kappa shape index (κ3) is 1.54. The van der Waals surface area contributed by atoms with Gasteiger partial charge >= 0.3 is 0 Å². The van der Waals surface area contributed by atoms with Gasteiger partial charge in [0.2, 0.25) is 5.91 Å². The molecule has 1 aliphatic heterocycles. The monoisotopic (exact) mass is 207 g/mol. The van der Waals surface area contributed by atoms with Crippen molar-refractivity contribution in [2.45, 2.75) is 33.1 Å². The van der Waals surface area contributed by atoms with Gasteiger partial charge in [0.25, 0.3) is 0 Å². The van der Waals surface area contributed by atoms with Crippen LogP contribution in [0, 0.1) is 5.92 Å². The number of rotatable bonds is 1. The Morgan fingerprint density at radius 3 is 2.80 bits per heavy atom. The highest BCUT2D eigenvalue weighted by Gasteiger charge is 2.28. The van der Waals surface area contributed by atoms with Crippen LogP contribution in [0.15, 0.2) is 0 Å². The van der Waals surface area contributed by atoms with Crippen molar-refractivity contribution >= 4 is 11.7 Å². The van der Waals surface area contributed by atoms with Crippen LogP contribution in [0.5, 0.6) is 0 Å². The molecular formula is C11H17N3O. The molecule has 82 valence electrons. The zero-order chi connectivity index (χ0) is 11.2. The number of carbonyl (C=O) groups is 1. The van der Waals surface area contributed by atoms with Gasteiger partial charge in [0.05, 0.1) is 5.69 Å². The highest BCUT2D eigenvalue weighted by atomic mass is 16.2. The van der Waals surface area contributed by atoms with E-state index in [0.29, 0.717) is 5.92 Å². The molecule has 0 saturated heterocycles. The number of hydrogen-bond donors (Lipinski definition) is 1. The van der Waals surface area contributed by atoms with Crippen LogP contribution in [-0.4, -0.2) is 15.7 Å². The van der Waals surface area contributed by atoms with Crippen molar-refractivity contribution in [2.75, 3.05) is 5.32 Å². The molecule has 0 spiro atoms. The van der Waals surface area contributed by atoms with Crippen molar-refractivity contribution in [1.29, 1.82) is 0 Å². The van der Waals surface area contributed by atoms with Gasteiger partial charge in [0, 0.05) is 18.5 Å². The zero-order valence-corrected chi connectivity index (χ0v) is 9.66. The Hall–Kier alpha value is -1.32. The number of fused-ring (bicyclic) bond motifs is 1. The molecule has 4 nitrogen and oxygen atoms in total. The summed E-state index contributed by atoms with van der Waals surface area (Å²) < 4.78 is 1.77. The lowest BCUT2D eigenvalue weighted by Gasteiger charge is -2.20. The zero-order valence-electron chi connectivity index (χ0n) is 9.66. The first-order chi connectivity index (χ1) is 7.00. The molecule has 0 bridgehead atoms. The van der Waals surface area contributed by atoms with Crippen LogP contribution in [0.2, 0.25) is 0 Å². The molecule has 0 fully saturated rings. The minimum atomic E-state index is 0.0548. The van der Waals surface area contributed by atoms with Gasteiger partial charge in [-0.1, -0.05) is 20.8 Å². The average molecular weight is 207 g/mol. The van der Waals surface area contributed by atoms with E-state index in [1.54, 1.807) is 4.68 Å². The van der Waals surface area contributed by atoms with Gasteiger partial charge in [0.1, 0.15) is 5.82 Å². The molecule has 1 amide bonds. The topological polar surface area (TPSA) is 46.9 Å². The van der Waals surface area contributed by atoms with Gasteiger partial charge in [-0.15, -0.1) is 0 Å². The first kappa shape index (κ1) is 10.2. The second-order valence-corrected chi connectivity index (χ2v) is 4.59. The Balaban J connectivity index is 2.49. The molecule has 4 heteroatoms. The minimum absolute atomic E-state index is 0.0548. The molecule has 0 radical (unpaired) electrons. The fraction of sp³-hybridized carbons (Fsp3) is 0.636. The van der Waals surface area contributed by atoms with E-state index in [2.05, 4.69) is 24.3 Å². The Labute approximate surface area is 89.7 Å². The smallest absolute Gasteiger partial charge is 0.228 e. The fourth-order valence-corrected chi connectivity index (χ4v) is 2.05. The maximum Gasteiger partial charge on any atom is 0.228 e. The van der Waals surface area contributed by atoms with Crippen molar-refractivity contribution in [3.63, 3.8) is 0 Å². The Morgan fingerprint density at radius 2 is 2.20 bits per heavy atom. The largest absolute Gasteiger partial charge is 0.310 e.